The first-order chi connectivity index (χ1) is 15.8. The molecule has 168 valence electrons. The highest BCUT2D eigenvalue weighted by molar-refractivity contribution is 6.36. The van der Waals surface area contributed by atoms with Crippen LogP contribution in [0.3, 0.4) is 0 Å². The molecule has 1 amide bonds. The normalized spacial score (nSPS) is 10.6. The summed E-state index contributed by atoms with van der Waals surface area (Å²) in [6.45, 7) is 0. The van der Waals surface area contributed by atoms with E-state index in [1.165, 1.54) is 61.9 Å². The molecule has 3 aromatic rings. The van der Waals surface area contributed by atoms with Crippen molar-refractivity contribution in [2.45, 2.75) is 0 Å². The van der Waals surface area contributed by atoms with Gasteiger partial charge in [-0.05, 0) is 48.0 Å². The van der Waals surface area contributed by atoms with Crippen LogP contribution < -0.4 is 14.9 Å². The van der Waals surface area contributed by atoms with Crippen LogP contribution in [0.5, 0.6) is 11.5 Å². The van der Waals surface area contributed by atoms with Gasteiger partial charge in [0.05, 0.1) is 28.8 Å². The van der Waals surface area contributed by atoms with Crippen molar-refractivity contribution in [3.63, 3.8) is 0 Å². The fourth-order valence-electron chi connectivity index (χ4n) is 2.65. The van der Waals surface area contributed by atoms with Gasteiger partial charge in [-0.15, -0.1) is 0 Å². The Morgan fingerprint density at radius 1 is 1.06 bits per heavy atom. The van der Waals surface area contributed by atoms with Crippen molar-refractivity contribution in [1.82, 2.24) is 5.43 Å². The minimum atomic E-state index is -0.694. The van der Waals surface area contributed by atoms with Gasteiger partial charge in [-0.1, -0.05) is 29.3 Å². The van der Waals surface area contributed by atoms with Gasteiger partial charge in [0.1, 0.15) is 0 Å². The van der Waals surface area contributed by atoms with E-state index in [2.05, 4.69) is 10.5 Å². The lowest BCUT2D eigenvalue weighted by atomic mass is 10.2. The predicted molar refractivity (Wildman–Crippen MR) is 123 cm³/mol. The summed E-state index contributed by atoms with van der Waals surface area (Å²) in [5.74, 6) is -0.929. The van der Waals surface area contributed by atoms with Gasteiger partial charge >= 0.3 is 5.97 Å². The third kappa shape index (κ3) is 6.06. The average molecular weight is 488 g/mol. The minimum Gasteiger partial charge on any atom is -0.493 e. The van der Waals surface area contributed by atoms with Crippen LogP contribution in [0, 0.1) is 10.1 Å². The van der Waals surface area contributed by atoms with Crippen molar-refractivity contribution >= 4 is 47.0 Å². The van der Waals surface area contributed by atoms with E-state index in [1.807, 2.05) is 0 Å². The smallest absolute Gasteiger partial charge is 0.345 e. The average Bonchev–Trinajstić information content (AvgIpc) is 2.79. The number of halogens is 2. The number of carbonyl (C=O) groups excluding carboxylic acids is 2. The van der Waals surface area contributed by atoms with E-state index in [-0.39, 0.29) is 33.3 Å². The zero-order valence-corrected chi connectivity index (χ0v) is 18.5. The number of hydrogen-bond donors (Lipinski definition) is 1. The number of methoxy groups -OCH3 is 1. The molecule has 0 heterocycles. The van der Waals surface area contributed by atoms with Crippen molar-refractivity contribution in [3.05, 3.63) is 97.5 Å². The second-order valence-corrected chi connectivity index (χ2v) is 7.27. The number of nitrogens with zero attached hydrogens (tertiary/aromatic N) is 2. The Bertz CT molecular complexity index is 1260. The van der Waals surface area contributed by atoms with Crippen LogP contribution in [0.25, 0.3) is 0 Å². The van der Waals surface area contributed by atoms with Gasteiger partial charge < -0.3 is 9.47 Å². The molecule has 1 N–H and O–H groups in total. The van der Waals surface area contributed by atoms with E-state index < -0.39 is 16.8 Å². The summed E-state index contributed by atoms with van der Waals surface area (Å²) in [6.07, 6.45) is 1.33. The fraction of sp³-hybridized carbons (Fsp3) is 0.0455. The van der Waals surface area contributed by atoms with Crippen LogP contribution in [0.15, 0.2) is 65.8 Å². The minimum absolute atomic E-state index is 0.0852. The molecular formula is C22H15Cl2N3O6. The van der Waals surface area contributed by atoms with Crippen LogP contribution in [0.2, 0.25) is 10.0 Å². The molecule has 0 bridgehead atoms. The summed E-state index contributed by atoms with van der Waals surface area (Å²) in [5, 5.41) is 15.2. The Labute approximate surface area is 197 Å². The molecule has 0 saturated heterocycles. The Kier molecular flexibility index (Phi) is 7.60. The number of rotatable bonds is 7. The molecule has 11 heteroatoms. The maximum absolute atomic E-state index is 12.4. The lowest BCUT2D eigenvalue weighted by molar-refractivity contribution is -0.384. The molecule has 0 atom stereocenters. The Hall–Kier alpha value is -3.95. The SMILES string of the molecule is COc1cc(/C=N\NC(=O)c2cccc([N+](=O)[O-])c2)ccc1OC(=O)c1ccc(Cl)cc1Cl. The number of carbonyl (C=O) groups is 2. The third-order valence-electron chi connectivity index (χ3n) is 4.24. The topological polar surface area (TPSA) is 120 Å². The first kappa shape index (κ1) is 23.7. The number of nitro groups is 1. The van der Waals surface area contributed by atoms with E-state index in [4.69, 9.17) is 32.7 Å². The number of non-ortho nitro benzene ring substituents is 1. The first-order valence-electron chi connectivity index (χ1n) is 9.21. The van der Waals surface area contributed by atoms with Gasteiger partial charge in [0.2, 0.25) is 0 Å². The maximum Gasteiger partial charge on any atom is 0.345 e. The molecular weight excluding hydrogens is 473 g/mol. The van der Waals surface area contributed by atoms with Gasteiger partial charge in [0.25, 0.3) is 11.6 Å². The van der Waals surface area contributed by atoms with Crippen LogP contribution >= 0.6 is 23.2 Å². The van der Waals surface area contributed by atoms with Gasteiger partial charge in [0.15, 0.2) is 11.5 Å². The third-order valence-corrected chi connectivity index (χ3v) is 4.79. The van der Waals surface area contributed by atoms with Crippen molar-refractivity contribution in [1.29, 1.82) is 0 Å². The molecule has 0 aliphatic heterocycles. The molecule has 0 aliphatic rings. The van der Waals surface area contributed by atoms with Crippen molar-refractivity contribution in [3.8, 4) is 11.5 Å². The summed E-state index contributed by atoms with van der Waals surface area (Å²) in [7, 11) is 1.40. The molecule has 9 nitrogen and oxygen atoms in total. The van der Waals surface area contributed by atoms with E-state index in [1.54, 1.807) is 6.07 Å². The molecule has 0 aliphatic carbocycles. The molecule has 33 heavy (non-hydrogen) atoms. The number of ether oxygens (including phenoxy) is 2. The second-order valence-electron chi connectivity index (χ2n) is 6.43. The highest BCUT2D eigenvalue weighted by atomic mass is 35.5. The molecule has 0 unspecified atom stereocenters. The molecule has 0 radical (unpaired) electrons. The van der Waals surface area contributed by atoms with Crippen molar-refractivity contribution in [2.24, 2.45) is 5.10 Å². The summed E-state index contributed by atoms with van der Waals surface area (Å²) >= 11 is 11.9. The van der Waals surface area contributed by atoms with Crippen LogP contribution in [-0.2, 0) is 0 Å². The highest BCUT2D eigenvalue weighted by Gasteiger charge is 2.16. The van der Waals surface area contributed by atoms with Gasteiger partial charge in [-0.25, -0.2) is 10.2 Å². The molecule has 0 saturated carbocycles. The number of nitrogens with one attached hydrogen (secondary N) is 1. The van der Waals surface area contributed by atoms with Gasteiger partial charge in [0, 0.05) is 22.7 Å². The van der Waals surface area contributed by atoms with E-state index in [0.29, 0.717) is 10.6 Å². The quantitative estimate of drug-likeness (QED) is 0.166. The number of hydrazone groups is 1. The zero-order valence-electron chi connectivity index (χ0n) is 17.0. The summed E-state index contributed by atoms with van der Waals surface area (Å²) in [6, 6.07) is 14.3. The molecule has 0 fully saturated rings. The lowest BCUT2D eigenvalue weighted by Gasteiger charge is -2.10. The number of esters is 1. The fourth-order valence-corrected chi connectivity index (χ4v) is 3.14. The Morgan fingerprint density at radius 3 is 2.55 bits per heavy atom. The predicted octanol–water partition coefficient (Wildman–Crippen LogP) is 4.89. The van der Waals surface area contributed by atoms with Crippen LogP contribution in [0.4, 0.5) is 5.69 Å². The molecule has 0 aromatic heterocycles. The number of amides is 1. The lowest BCUT2D eigenvalue weighted by Crippen LogP contribution is -2.17. The van der Waals surface area contributed by atoms with E-state index in [9.17, 15) is 19.7 Å². The van der Waals surface area contributed by atoms with Gasteiger partial charge in [-0.3, -0.25) is 14.9 Å². The van der Waals surface area contributed by atoms with E-state index in [0.717, 1.165) is 6.07 Å². The Balaban J connectivity index is 1.69. The summed E-state index contributed by atoms with van der Waals surface area (Å²) < 4.78 is 10.6. The monoisotopic (exact) mass is 487 g/mol. The largest absolute Gasteiger partial charge is 0.493 e. The molecule has 3 aromatic carbocycles. The number of nitro benzene ring substituents is 1. The van der Waals surface area contributed by atoms with Gasteiger partial charge in [-0.2, -0.15) is 5.10 Å². The standard InChI is InChI=1S/C22H15Cl2N3O6/c1-32-20-9-13(12-25-26-21(28)14-3-2-4-16(10-14)27(30)31)5-8-19(20)33-22(29)17-7-6-15(23)11-18(17)24/h2-12H,1H3,(H,26,28)/b25-12-. The number of hydrogen-bond acceptors (Lipinski definition) is 7. The first-order valence-corrected chi connectivity index (χ1v) is 9.97. The molecule has 0 spiro atoms. The second kappa shape index (κ2) is 10.6. The highest BCUT2D eigenvalue weighted by Crippen LogP contribution is 2.30. The number of benzene rings is 3. The van der Waals surface area contributed by atoms with E-state index >= 15 is 0 Å². The van der Waals surface area contributed by atoms with Crippen molar-refractivity contribution < 1.29 is 24.0 Å². The molecule has 3 rings (SSSR count). The van der Waals surface area contributed by atoms with Crippen LogP contribution in [0.1, 0.15) is 26.3 Å². The maximum atomic E-state index is 12.4. The summed E-state index contributed by atoms with van der Waals surface area (Å²) in [5.41, 5.74) is 2.82. The van der Waals surface area contributed by atoms with Crippen LogP contribution in [-0.4, -0.2) is 30.1 Å². The van der Waals surface area contributed by atoms with Crippen molar-refractivity contribution in [2.75, 3.05) is 7.11 Å². The summed E-state index contributed by atoms with van der Waals surface area (Å²) in [4.78, 5) is 34.8. The zero-order chi connectivity index (χ0) is 24.0. The Morgan fingerprint density at radius 2 is 1.85 bits per heavy atom.